The molecule has 18 heavy (non-hydrogen) atoms. The van der Waals surface area contributed by atoms with Crippen LogP contribution < -0.4 is 5.32 Å². The van der Waals surface area contributed by atoms with Crippen LogP contribution in [0.3, 0.4) is 0 Å². The molecule has 0 spiro atoms. The molecule has 2 heterocycles. The van der Waals surface area contributed by atoms with Gasteiger partial charge < -0.3 is 5.32 Å². The van der Waals surface area contributed by atoms with Gasteiger partial charge in [-0.05, 0) is 37.6 Å². The first-order valence-electron chi connectivity index (χ1n) is 5.42. The Morgan fingerprint density at radius 1 is 1.33 bits per heavy atom. The second kappa shape index (κ2) is 5.14. The molecular formula is C13H12ClN3O. The number of anilines is 1. The Hall–Kier alpha value is -1.94. The van der Waals surface area contributed by atoms with Gasteiger partial charge in [0.05, 0.1) is 10.6 Å². The van der Waals surface area contributed by atoms with Gasteiger partial charge in [0, 0.05) is 18.1 Å². The number of halogens is 1. The molecule has 0 aliphatic carbocycles. The summed E-state index contributed by atoms with van der Waals surface area (Å²) in [7, 11) is 0. The van der Waals surface area contributed by atoms with Crippen LogP contribution in [0.15, 0.2) is 30.6 Å². The van der Waals surface area contributed by atoms with Gasteiger partial charge in [0.1, 0.15) is 5.82 Å². The molecule has 0 saturated carbocycles. The van der Waals surface area contributed by atoms with Crippen LogP contribution in [-0.2, 0) is 0 Å². The Morgan fingerprint density at radius 3 is 2.78 bits per heavy atom. The standard InChI is InChI=1S/C13H12ClN3O/c1-8-5-9(2)16-12(6-8)17-13(18)10-3-4-15-7-11(10)14/h3-7H,1-2H3,(H,16,17,18). The van der Waals surface area contributed by atoms with Crippen molar-refractivity contribution in [2.24, 2.45) is 0 Å². The predicted octanol–water partition coefficient (Wildman–Crippen LogP) is 3.00. The predicted molar refractivity (Wildman–Crippen MR) is 70.9 cm³/mol. The monoisotopic (exact) mass is 261 g/mol. The number of carbonyl (C=O) groups is 1. The SMILES string of the molecule is Cc1cc(C)nc(NC(=O)c2ccncc2Cl)c1. The zero-order valence-corrected chi connectivity index (χ0v) is 10.8. The van der Waals surface area contributed by atoms with Gasteiger partial charge in [-0.15, -0.1) is 0 Å². The quantitative estimate of drug-likeness (QED) is 0.904. The van der Waals surface area contributed by atoms with E-state index < -0.39 is 0 Å². The summed E-state index contributed by atoms with van der Waals surface area (Å²) in [5.41, 5.74) is 2.28. The van der Waals surface area contributed by atoms with Crippen LogP contribution in [0.25, 0.3) is 0 Å². The van der Waals surface area contributed by atoms with E-state index in [1.807, 2.05) is 19.9 Å². The summed E-state index contributed by atoms with van der Waals surface area (Å²) >= 11 is 5.90. The number of nitrogens with one attached hydrogen (secondary N) is 1. The van der Waals surface area contributed by atoms with Crippen LogP contribution in [0, 0.1) is 13.8 Å². The third-order valence-corrected chi connectivity index (χ3v) is 2.66. The fourth-order valence-electron chi connectivity index (χ4n) is 1.65. The van der Waals surface area contributed by atoms with E-state index >= 15 is 0 Å². The maximum absolute atomic E-state index is 12.0. The van der Waals surface area contributed by atoms with Crippen LogP contribution in [0.4, 0.5) is 5.82 Å². The average molecular weight is 262 g/mol. The zero-order chi connectivity index (χ0) is 13.1. The van der Waals surface area contributed by atoms with Gasteiger partial charge in [0.25, 0.3) is 5.91 Å². The van der Waals surface area contributed by atoms with Gasteiger partial charge in [0.2, 0.25) is 0 Å². The van der Waals surface area contributed by atoms with Crippen molar-refractivity contribution in [1.82, 2.24) is 9.97 Å². The maximum atomic E-state index is 12.0. The summed E-state index contributed by atoms with van der Waals surface area (Å²) in [4.78, 5) is 20.1. The fraction of sp³-hybridized carbons (Fsp3) is 0.154. The number of aryl methyl sites for hydroxylation is 2. The van der Waals surface area contributed by atoms with Crippen LogP contribution in [0.2, 0.25) is 5.02 Å². The van der Waals surface area contributed by atoms with Crippen LogP contribution >= 0.6 is 11.6 Å². The first kappa shape index (κ1) is 12.5. The molecule has 0 aliphatic rings. The van der Waals surface area contributed by atoms with Crippen molar-refractivity contribution in [3.8, 4) is 0 Å². The van der Waals surface area contributed by atoms with Crippen molar-refractivity contribution in [2.75, 3.05) is 5.32 Å². The van der Waals surface area contributed by atoms with Gasteiger partial charge in [0.15, 0.2) is 0 Å². The van der Waals surface area contributed by atoms with E-state index in [4.69, 9.17) is 11.6 Å². The van der Waals surface area contributed by atoms with E-state index in [0.29, 0.717) is 16.4 Å². The third-order valence-electron chi connectivity index (χ3n) is 2.36. The van der Waals surface area contributed by atoms with Crippen LogP contribution in [-0.4, -0.2) is 15.9 Å². The Bertz CT molecular complexity index is 578. The number of amides is 1. The maximum Gasteiger partial charge on any atom is 0.258 e. The van der Waals surface area contributed by atoms with Gasteiger partial charge in [-0.25, -0.2) is 4.98 Å². The fourth-order valence-corrected chi connectivity index (χ4v) is 1.85. The molecule has 1 amide bonds. The lowest BCUT2D eigenvalue weighted by Crippen LogP contribution is -2.14. The molecule has 0 saturated heterocycles. The highest BCUT2D eigenvalue weighted by Gasteiger charge is 2.11. The van der Waals surface area contributed by atoms with E-state index in [-0.39, 0.29) is 5.91 Å². The first-order valence-corrected chi connectivity index (χ1v) is 5.80. The number of pyridine rings is 2. The first-order chi connectivity index (χ1) is 8.56. The lowest BCUT2D eigenvalue weighted by molar-refractivity contribution is 0.102. The minimum atomic E-state index is -0.292. The molecule has 4 nitrogen and oxygen atoms in total. The van der Waals surface area contributed by atoms with Crippen molar-refractivity contribution in [3.05, 3.63) is 52.4 Å². The number of hydrogen-bond donors (Lipinski definition) is 1. The lowest BCUT2D eigenvalue weighted by Gasteiger charge is -2.07. The normalized spacial score (nSPS) is 10.2. The number of hydrogen-bond acceptors (Lipinski definition) is 3. The molecule has 2 aromatic rings. The lowest BCUT2D eigenvalue weighted by atomic mass is 10.2. The summed E-state index contributed by atoms with van der Waals surface area (Å²) < 4.78 is 0. The molecule has 0 radical (unpaired) electrons. The number of carbonyl (C=O) groups excluding carboxylic acids is 1. The van der Waals surface area contributed by atoms with E-state index in [1.54, 1.807) is 12.1 Å². The minimum absolute atomic E-state index is 0.292. The summed E-state index contributed by atoms with van der Waals surface area (Å²) in [6.45, 7) is 3.83. The highest BCUT2D eigenvalue weighted by molar-refractivity contribution is 6.34. The topological polar surface area (TPSA) is 54.9 Å². The van der Waals surface area contributed by atoms with E-state index in [9.17, 15) is 4.79 Å². The minimum Gasteiger partial charge on any atom is -0.307 e. The van der Waals surface area contributed by atoms with E-state index in [0.717, 1.165) is 11.3 Å². The van der Waals surface area contributed by atoms with E-state index in [2.05, 4.69) is 15.3 Å². The van der Waals surface area contributed by atoms with Crippen molar-refractivity contribution in [2.45, 2.75) is 13.8 Å². The van der Waals surface area contributed by atoms with Gasteiger partial charge in [-0.2, -0.15) is 0 Å². The van der Waals surface area contributed by atoms with Crippen molar-refractivity contribution in [3.63, 3.8) is 0 Å². The molecule has 5 heteroatoms. The zero-order valence-electron chi connectivity index (χ0n) is 10.1. The number of nitrogens with zero attached hydrogens (tertiary/aromatic N) is 2. The summed E-state index contributed by atoms with van der Waals surface area (Å²) in [6.07, 6.45) is 2.96. The molecule has 2 rings (SSSR count). The Kier molecular flexibility index (Phi) is 3.58. The molecule has 0 aromatic carbocycles. The number of rotatable bonds is 2. The Morgan fingerprint density at radius 2 is 2.11 bits per heavy atom. The Labute approximate surface area is 110 Å². The highest BCUT2D eigenvalue weighted by atomic mass is 35.5. The van der Waals surface area contributed by atoms with Crippen LogP contribution in [0.5, 0.6) is 0 Å². The summed E-state index contributed by atoms with van der Waals surface area (Å²) in [5, 5.41) is 3.04. The molecule has 0 bridgehead atoms. The van der Waals surface area contributed by atoms with Crippen molar-refractivity contribution < 1.29 is 4.79 Å². The molecule has 0 unspecified atom stereocenters. The molecule has 0 aliphatic heterocycles. The molecule has 2 aromatic heterocycles. The van der Waals surface area contributed by atoms with Gasteiger partial charge in [-0.3, -0.25) is 9.78 Å². The molecule has 0 fully saturated rings. The summed E-state index contributed by atoms with van der Waals surface area (Å²) in [5.74, 6) is 0.227. The molecule has 0 atom stereocenters. The third kappa shape index (κ3) is 2.84. The van der Waals surface area contributed by atoms with Crippen molar-refractivity contribution >= 4 is 23.3 Å². The second-order valence-corrected chi connectivity index (χ2v) is 4.39. The molecule has 92 valence electrons. The van der Waals surface area contributed by atoms with Crippen LogP contribution in [0.1, 0.15) is 21.6 Å². The largest absolute Gasteiger partial charge is 0.307 e. The molecule has 1 N–H and O–H groups in total. The van der Waals surface area contributed by atoms with Gasteiger partial charge in [-0.1, -0.05) is 11.6 Å². The average Bonchev–Trinajstić information content (AvgIpc) is 2.27. The molecular weight excluding hydrogens is 250 g/mol. The van der Waals surface area contributed by atoms with Crippen molar-refractivity contribution in [1.29, 1.82) is 0 Å². The summed E-state index contributed by atoms with van der Waals surface area (Å²) in [6, 6.07) is 5.31. The Balaban J connectivity index is 2.24. The number of aromatic nitrogens is 2. The highest BCUT2D eigenvalue weighted by Crippen LogP contribution is 2.16. The van der Waals surface area contributed by atoms with Gasteiger partial charge >= 0.3 is 0 Å². The second-order valence-electron chi connectivity index (χ2n) is 3.98. The van der Waals surface area contributed by atoms with E-state index in [1.165, 1.54) is 12.4 Å². The smallest absolute Gasteiger partial charge is 0.258 e.